The molecule has 1 aliphatic carbocycles. The number of allylic oxidation sites excluding steroid dienone is 2. The van der Waals surface area contributed by atoms with Crippen molar-refractivity contribution < 1.29 is 8.91 Å². The Hall–Kier alpha value is -0.590. The average molecular weight is 99.1 g/mol. The van der Waals surface area contributed by atoms with Crippen LogP contribution >= 0.6 is 0 Å². The van der Waals surface area contributed by atoms with Gasteiger partial charge in [-0.15, -0.1) is 0 Å². The minimum atomic E-state index is -2.05. The molecule has 0 atom stereocenters. The van der Waals surface area contributed by atoms with Crippen LogP contribution in [0.5, 0.6) is 0 Å². The summed E-state index contributed by atoms with van der Waals surface area (Å²) in [5.41, 5.74) is 0.303. The number of hydrogen-bond donors (Lipinski definition) is 0. The van der Waals surface area contributed by atoms with Gasteiger partial charge in [-0.3, -0.25) is 4.79 Å². The first kappa shape index (κ1) is 2.12. The van der Waals surface area contributed by atoms with Gasteiger partial charge in [0, 0.05) is 10.5 Å². The van der Waals surface area contributed by atoms with E-state index < -0.39 is 6.85 Å². The van der Waals surface area contributed by atoms with Gasteiger partial charge in [0.05, 0.1) is 0 Å². The van der Waals surface area contributed by atoms with E-state index in [2.05, 4.69) is 0 Å². The van der Waals surface area contributed by atoms with E-state index in [9.17, 15) is 4.79 Å². The summed E-state index contributed by atoms with van der Waals surface area (Å²) >= 11 is 0. The van der Waals surface area contributed by atoms with Crippen molar-refractivity contribution in [1.29, 1.82) is 0 Å². The highest BCUT2D eigenvalue weighted by atomic mass is 16.1. The van der Waals surface area contributed by atoms with Gasteiger partial charge >= 0.3 is 0 Å². The van der Waals surface area contributed by atoms with Gasteiger partial charge in [-0.2, -0.15) is 0 Å². The minimum absolute atomic E-state index is 0.0638. The molecule has 0 aliphatic heterocycles. The zero-order chi connectivity index (χ0) is 7.78. The van der Waals surface area contributed by atoms with Crippen molar-refractivity contribution in [3.05, 3.63) is 11.6 Å². The highest BCUT2D eigenvalue weighted by Gasteiger charge is 2.05. The largest absolute Gasteiger partial charge is 0.295 e. The van der Waals surface area contributed by atoms with Crippen LogP contribution in [0.3, 0.4) is 0 Å². The highest BCUT2D eigenvalue weighted by molar-refractivity contribution is 5.92. The van der Waals surface area contributed by atoms with Crippen LogP contribution in [0.2, 0.25) is 0 Å². The van der Waals surface area contributed by atoms with E-state index in [0.717, 1.165) is 0 Å². The molecular weight excluding hydrogens is 88.1 g/mol. The second-order valence-corrected chi connectivity index (χ2v) is 1.64. The number of hydrogen-bond acceptors (Lipinski definition) is 1. The van der Waals surface area contributed by atoms with Crippen LogP contribution in [-0.2, 0) is 4.79 Å². The third-order valence-electron chi connectivity index (χ3n) is 0.976. The fraction of sp³-hybridized carbons (Fsp3) is 0.500. The second-order valence-electron chi connectivity index (χ2n) is 1.64. The summed E-state index contributed by atoms with van der Waals surface area (Å²) in [6.07, 6.45) is 2.02. The molecule has 0 unspecified atom stereocenters. The standard InChI is InChI=1S/C6H8O/c1-5-2-3-6(7)4-5/h4H,2-3H2,1H3/i1D3. The molecule has 0 radical (unpaired) electrons. The molecule has 38 valence electrons. The molecule has 0 aromatic rings. The van der Waals surface area contributed by atoms with Gasteiger partial charge in [0.15, 0.2) is 5.78 Å². The van der Waals surface area contributed by atoms with Crippen LogP contribution in [0.25, 0.3) is 0 Å². The molecule has 0 saturated carbocycles. The lowest BCUT2D eigenvalue weighted by molar-refractivity contribution is -0.114. The Morgan fingerprint density at radius 1 is 1.86 bits per heavy atom. The zero-order valence-electron chi connectivity index (χ0n) is 6.90. The number of rotatable bonds is 0. The molecule has 0 saturated heterocycles. The van der Waals surface area contributed by atoms with E-state index in [-0.39, 0.29) is 5.78 Å². The topological polar surface area (TPSA) is 17.1 Å². The maximum absolute atomic E-state index is 10.6. The predicted molar refractivity (Wildman–Crippen MR) is 28.0 cm³/mol. The molecule has 0 bridgehead atoms. The molecule has 1 heteroatoms. The number of carbonyl (C=O) groups excluding carboxylic acids is 1. The van der Waals surface area contributed by atoms with Gasteiger partial charge in [-0.05, 0) is 19.3 Å². The van der Waals surface area contributed by atoms with Gasteiger partial charge in [-0.1, -0.05) is 5.57 Å². The van der Waals surface area contributed by atoms with Gasteiger partial charge in [-0.25, -0.2) is 0 Å². The molecule has 0 amide bonds. The first-order valence-corrected chi connectivity index (χ1v) is 2.24. The Morgan fingerprint density at radius 2 is 2.71 bits per heavy atom. The summed E-state index contributed by atoms with van der Waals surface area (Å²) in [5, 5.41) is 0. The normalized spacial score (nSPS) is 28.3. The Labute approximate surface area is 47.2 Å². The number of ketones is 1. The molecule has 1 nitrogen and oxygen atoms in total. The van der Waals surface area contributed by atoms with Crippen LogP contribution < -0.4 is 0 Å². The molecule has 1 rings (SSSR count). The van der Waals surface area contributed by atoms with E-state index in [1.165, 1.54) is 6.08 Å². The van der Waals surface area contributed by atoms with Crippen LogP contribution in [0.15, 0.2) is 11.6 Å². The van der Waals surface area contributed by atoms with Crippen molar-refractivity contribution in [3.63, 3.8) is 0 Å². The fourth-order valence-corrected chi connectivity index (χ4v) is 0.597. The Kier molecular flexibility index (Phi) is 0.450. The van der Waals surface area contributed by atoms with Crippen molar-refractivity contribution in [2.45, 2.75) is 19.7 Å². The third-order valence-corrected chi connectivity index (χ3v) is 0.976. The van der Waals surface area contributed by atoms with E-state index in [1.54, 1.807) is 0 Å². The van der Waals surface area contributed by atoms with Crippen molar-refractivity contribution in [1.82, 2.24) is 0 Å². The third kappa shape index (κ3) is 0.889. The number of carbonyl (C=O) groups is 1. The van der Waals surface area contributed by atoms with Gasteiger partial charge in [0.1, 0.15) is 0 Å². The van der Waals surface area contributed by atoms with Crippen molar-refractivity contribution in [2.24, 2.45) is 0 Å². The summed E-state index contributed by atoms with van der Waals surface area (Å²) in [4.78, 5) is 10.6. The summed E-state index contributed by atoms with van der Waals surface area (Å²) in [7, 11) is 0. The average Bonchev–Trinajstić information content (AvgIpc) is 2.11. The Morgan fingerprint density at radius 3 is 3.00 bits per heavy atom. The molecule has 7 heavy (non-hydrogen) atoms. The Bertz CT molecular complexity index is 190. The summed E-state index contributed by atoms with van der Waals surface area (Å²) in [6, 6.07) is 0. The summed E-state index contributed by atoms with van der Waals surface area (Å²) in [5.74, 6) is -0.0638. The maximum atomic E-state index is 10.6. The van der Waals surface area contributed by atoms with E-state index in [1.807, 2.05) is 0 Å². The minimum Gasteiger partial charge on any atom is -0.295 e. The summed E-state index contributed by atoms with van der Waals surface area (Å²) < 4.78 is 20.8. The molecule has 0 N–H and O–H groups in total. The quantitative estimate of drug-likeness (QED) is 0.447. The predicted octanol–water partition coefficient (Wildman–Crippen LogP) is 1.30. The monoisotopic (exact) mass is 99.1 g/mol. The van der Waals surface area contributed by atoms with Crippen LogP contribution in [0.1, 0.15) is 23.8 Å². The fourth-order valence-electron chi connectivity index (χ4n) is 0.597. The van der Waals surface area contributed by atoms with Crippen molar-refractivity contribution in [3.8, 4) is 0 Å². The zero-order valence-corrected chi connectivity index (χ0v) is 3.90. The maximum Gasteiger partial charge on any atom is 0.155 e. The molecule has 0 spiro atoms. The SMILES string of the molecule is [2H]C([2H])([2H])C1=CC(=O)CC1. The molecule has 0 heterocycles. The van der Waals surface area contributed by atoms with Crippen LogP contribution in [0, 0.1) is 0 Å². The lowest BCUT2D eigenvalue weighted by Gasteiger charge is -1.78. The van der Waals surface area contributed by atoms with E-state index in [4.69, 9.17) is 4.11 Å². The highest BCUT2D eigenvalue weighted by Crippen LogP contribution is 2.12. The first-order valence-electron chi connectivity index (χ1n) is 3.74. The lowest BCUT2D eigenvalue weighted by atomic mass is 10.3. The Balaban J connectivity index is 2.76. The van der Waals surface area contributed by atoms with Crippen LogP contribution in [-0.4, -0.2) is 5.78 Å². The molecule has 0 fully saturated rings. The first-order chi connectivity index (χ1) is 4.50. The van der Waals surface area contributed by atoms with Crippen molar-refractivity contribution >= 4 is 5.78 Å². The lowest BCUT2D eigenvalue weighted by Crippen LogP contribution is -1.80. The molecule has 0 aromatic heterocycles. The molecule has 1 aliphatic rings. The van der Waals surface area contributed by atoms with E-state index >= 15 is 0 Å². The van der Waals surface area contributed by atoms with Gasteiger partial charge < -0.3 is 0 Å². The van der Waals surface area contributed by atoms with Crippen LogP contribution in [0.4, 0.5) is 0 Å². The van der Waals surface area contributed by atoms with E-state index in [0.29, 0.717) is 18.4 Å². The second kappa shape index (κ2) is 1.49. The van der Waals surface area contributed by atoms with Gasteiger partial charge in [0.25, 0.3) is 0 Å². The van der Waals surface area contributed by atoms with Gasteiger partial charge in [0.2, 0.25) is 0 Å². The smallest absolute Gasteiger partial charge is 0.155 e. The molecular formula is C6H8O. The van der Waals surface area contributed by atoms with Crippen molar-refractivity contribution in [2.75, 3.05) is 0 Å². The summed E-state index contributed by atoms with van der Waals surface area (Å²) in [6.45, 7) is -2.05. The molecule has 0 aromatic carbocycles.